The van der Waals surface area contributed by atoms with Gasteiger partial charge in [-0.25, -0.2) is 0 Å². The molecule has 1 saturated heterocycles. The zero-order valence-electron chi connectivity index (χ0n) is 16.1. The third-order valence-electron chi connectivity index (χ3n) is 4.17. The zero-order valence-corrected chi connectivity index (χ0v) is 16.1. The van der Waals surface area contributed by atoms with Crippen LogP contribution in [-0.2, 0) is 19.1 Å². The largest absolute Gasteiger partial charge is 0.493 e. The van der Waals surface area contributed by atoms with Gasteiger partial charge in [0.2, 0.25) is 11.8 Å². The van der Waals surface area contributed by atoms with Gasteiger partial charge in [0.05, 0.1) is 32.7 Å². The first-order valence-corrected chi connectivity index (χ1v) is 8.85. The molecule has 0 aromatic heterocycles. The molecular formula is C19H26N2O6. The van der Waals surface area contributed by atoms with Crippen LogP contribution in [0.4, 0.5) is 5.69 Å². The van der Waals surface area contributed by atoms with E-state index < -0.39 is 5.92 Å². The molecule has 1 aromatic carbocycles. The molecule has 1 aliphatic heterocycles. The van der Waals surface area contributed by atoms with Gasteiger partial charge >= 0.3 is 5.97 Å². The van der Waals surface area contributed by atoms with E-state index in [4.69, 9.17) is 14.2 Å². The number of carbonyl (C=O) groups excluding carboxylic acids is 3. The number of ether oxygens (including phenoxy) is 3. The van der Waals surface area contributed by atoms with Gasteiger partial charge in [0, 0.05) is 31.3 Å². The number of nitrogens with zero attached hydrogens (tertiary/aromatic N) is 1. The highest BCUT2D eigenvalue weighted by Crippen LogP contribution is 2.34. The lowest BCUT2D eigenvalue weighted by molar-refractivity contribution is -0.147. The van der Waals surface area contributed by atoms with Crippen molar-refractivity contribution in [2.45, 2.75) is 32.8 Å². The van der Waals surface area contributed by atoms with Crippen molar-refractivity contribution in [2.24, 2.45) is 5.92 Å². The maximum atomic E-state index is 12.3. The van der Waals surface area contributed by atoms with Gasteiger partial charge < -0.3 is 24.4 Å². The van der Waals surface area contributed by atoms with Crippen molar-refractivity contribution in [3.8, 4) is 11.5 Å². The SMILES string of the molecule is COc1ccc(N2CC(C(=O)NCCC(=O)OC(C)C)CC2=O)cc1OC. The summed E-state index contributed by atoms with van der Waals surface area (Å²) in [4.78, 5) is 37.7. The van der Waals surface area contributed by atoms with Gasteiger partial charge in [-0.3, -0.25) is 14.4 Å². The van der Waals surface area contributed by atoms with Crippen molar-refractivity contribution in [3.63, 3.8) is 0 Å². The van der Waals surface area contributed by atoms with Crippen molar-refractivity contribution in [2.75, 3.05) is 32.2 Å². The predicted octanol–water partition coefficient (Wildman–Crippen LogP) is 1.51. The van der Waals surface area contributed by atoms with Crippen LogP contribution < -0.4 is 19.7 Å². The number of hydrogen-bond donors (Lipinski definition) is 1. The first-order chi connectivity index (χ1) is 12.8. The van der Waals surface area contributed by atoms with E-state index in [1.807, 2.05) is 0 Å². The quantitative estimate of drug-likeness (QED) is 0.689. The molecule has 1 aliphatic rings. The van der Waals surface area contributed by atoms with Crippen molar-refractivity contribution in [3.05, 3.63) is 18.2 Å². The Balaban J connectivity index is 1.93. The van der Waals surface area contributed by atoms with Crippen LogP contribution in [-0.4, -0.2) is 51.2 Å². The van der Waals surface area contributed by atoms with E-state index in [0.29, 0.717) is 17.2 Å². The van der Waals surface area contributed by atoms with Crippen LogP contribution >= 0.6 is 0 Å². The second kappa shape index (κ2) is 9.25. The summed E-state index contributed by atoms with van der Waals surface area (Å²) in [6.45, 7) is 3.99. The Morgan fingerprint density at radius 1 is 1.22 bits per heavy atom. The number of nitrogens with one attached hydrogen (secondary N) is 1. The number of hydrogen-bond acceptors (Lipinski definition) is 6. The van der Waals surface area contributed by atoms with E-state index in [9.17, 15) is 14.4 Å². The van der Waals surface area contributed by atoms with Gasteiger partial charge in [-0.1, -0.05) is 0 Å². The molecule has 0 radical (unpaired) electrons. The minimum absolute atomic E-state index is 0.101. The van der Waals surface area contributed by atoms with Gasteiger partial charge in [-0.05, 0) is 26.0 Å². The van der Waals surface area contributed by atoms with Gasteiger partial charge in [-0.15, -0.1) is 0 Å². The minimum atomic E-state index is -0.466. The van der Waals surface area contributed by atoms with Crippen molar-refractivity contribution < 1.29 is 28.6 Å². The minimum Gasteiger partial charge on any atom is -0.493 e. The first-order valence-electron chi connectivity index (χ1n) is 8.85. The fourth-order valence-electron chi connectivity index (χ4n) is 2.88. The number of methoxy groups -OCH3 is 2. The molecule has 8 nitrogen and oxygen atoms in total. The molecule has 0 spiro atoms. The Hall–Kier alpha value is -2.77. The fourth-order valence-corrected chi connectivity index (χ4v) is 2.88. The van der Waals surface area contributed by atoms with Crippen LogP contribution in [0.2, 0.25) is 0 Å². The van der Waals surface area contributed by atoms with Crippen LogP contribution in [0, 0.1) is 5.92 Å². The molecule has 1 aromatic rings. The molecule has 0 aliphatic carbocycles. The van der Waals surface area contributed by atoms with Gasteiger partial charge in [0.15, 0.2) is 11.5 Å². The van der Waals surface area contributed by atoms with E-state index in [0.717, 1.165) is 0 Å². The van der Waals surface area contributed by atoms with Gasteiger partial charge in [0.1, 0.15) is 0 Å². The van der Waals surface area contributed by atoms with E-state index in [1.165, 1.54) is 14.2 Å². The third-order valence-corrected chi connectivity index (χ3v) is 4.17. The van der Waals surface area contributed by atoms with Crippen molar-refractivity contribution >= 4 is 23.5 Å². The molecule has 8 heteroatoms. The lowest BCUT2D eigenvalue weighted by Gasteiger charge is -2.18. The molecule has 0 bridgehead atoms. The molecule has 1 fully saturated rings. The Kier molecular flexibility index (Phi) is 7.04. The lowest BCUT2D eigenvalue weighted by atomic mass is 10.1. The van der Waals surface area contributed by atoms with E-state index in [-0.39, 0.29) is 49.8 Å². The van der Waals surface area contributed by atoms with E-state index in [2.05, 4.69) is 5.32 Å². The topological polar surface area (TPSA) is 94.2 Å². The second-order valence-corrected chi connectivity index (χ2v) is 6.52. The molecule has 1 heterocycles. The highest BCUT2D eigenvalue weighted by molar-refractivity contribution is 6.00. The van der Waals surface area contributed by atoms with Crippen LogP contribution in [0.1, 0.15) is 26.7 Å². The molecule has 1 N–H and O–H groups in total. The average Bonchev–Trinajstić information content (AvgIpc) is 3.02. The summed E-state index contributed by atoms with van der Waals surface area (Å²) in [6.07, 6.45) is 0.0383. The molecule has 2 rings (SSSR count). The van der Waals surface area contributed by atoms with Crippen LogP contribution in [0.15, 0.2) is 18.2 Å². The monoisotopic (exact) mass is 378 g/mol. The van der Waals surface area contributed by atoms with E-state index >= 15 is 0 Å². The highest BCUT2D eigenvalue weighted by atomic mass is 16.5. The zero-order chi connectivity index (χ0) is 20.0. The van der Waals surface area contributed by atoms with Gasteiger partial charge in [-0.2, -0.15) is 0 Å². The predicted molar refractivity (Wildman–Crippen MR) is 98.9 cm³/mol. The Bertz CT molecular complexity index is 703. The van der Waals surface area contributed by atoms with Crippen molar-refractivity contribution in [1.82, 2.24) is 5.32 Å². The maximum absolute atomic E-state index is 12.3. The molecule has 27 heavy (non-hydrogen) atoms. The van der Waals surface area contributed by atoms with Crippen molar-refractivity contribution in [1.29, 1.82) is 0 Å². The number of carbonyl (C=O) groups is 3. The summed E-state index contributed by atoms with van der Waals surface area (Å²) < 4.78 is 15.5. The molecule has 1 atom stereocenters. The number of rotatable bonds is 8. The number of amides is 2. The summed E-state index contributed by atoms with van der Waals surface area (Å²) in [6, 6.07) is 5.18. The Morgan fingerprint density at radius 2 is 1.93 bits per heavy atom. The second-order valence-electron chi connectivity index (χ2n) is 6.52. The number of esters is 1. The van der Waals surface area contributed by atoms with Crippen LogP contribution in [0.3, 0.4) is 0 Å². The lowest BCUT2D eigenvalue weighted by Crippen LogP contribution is -2.34. The average molecular weight is 378 g/mol. The number of anilines is 1. The smallest absolute Gasteiger partial charge is 0.307 e. The summed E-state index contributed by atoms with van der Waals surface area (Å²) in [5.41, 5.74) is 0.647. The molecule has 0 saturated carbocycles. The normalized spacial score (nSPS) is 16.4. The maximum Gasteiger partial charge on any atom is 0.307 e. The molecule has 1 unspecified atom stereocenters. The number of benzene rings is 1. The summed E-state index contributed by atoms with van der Waals surface area (Å²) >= 11 is 0. The van der Waals surface area contributed by atoms with E-state index in [1.54, 1.807) is 36.9 Å². The summed E-state index contributed by atoms with van der Waals surface area (Å²) in [5.74, 6) is -0.133. The summed E-state index contributed by atoms with van der Waals surface area (Å²) in [7, 11) is 3.06. The standard InChI is InChI=1S/C19H26N2O6/c1-12(2)27-18(23)7-8-20-19(24)13-9-17(22)21(11-13)14-5-6-15(25-3)16(10-14)26-4/h5-6,10,12-13H,7-9,11H2,1-4H3,(H,20,24). The van der Waals surface area contributed by atoms with Crippen LogP contribution in [0.5, 0.6) is 11.5 Å². The first kappa shape index (κ1) is 20.5. The molecule has 148 valence electrons. The third kappa shape index (κ3) is 5.35. The molecular weight excluding hydrogens is 352 g/mol. The summed E-state index contributed by atoms with van der Waals surface area (Å²) in [5, 5.41) is 2.70. The fraction of sp³-hybridized carbons (Fsp3) is 0.526. The molecule has 2 amide bonds. The Morgan fingerprint density at radius 3 is 2.56 bits per heavy atom. The highest BCUT2D eigenvalue weighted by Gasteiger charge is 2.35. The van der Waals surface area contributed by atoms with Crippen LogP contribution in [0.25, 0.3) is 0 Å². The van der Waals surface area contributed by atoms with Gasteiger partial charge in [0.25, 0.3) is 0 Å². The Labute approximate surface area is 158 Å².